The Labute approximate surface area is 226 Å². The van der Waals surface area contributed by atoms with Crippen molar-refractivity contribution in [2.24, 2.45) is 0 Å². The van der Waals surface area contributed by atoms with Crippen LogP contribution in [0, 0.1) is 0 Å². The third-order valence-corrected chi connectivity index (χ3v) is 7.34. The summed E-state index contributed by atoms with van der Waals surface area (Å²) >= 11 is 31.8. The van der Waals surface area contributed by atoms with Gasteiger partial charge in [-0.05, 0) is 42.0 Å². The Morgan fingerprint density at radius 2 is 1.69 bits per heavy atom. The molecule has 0 atom stereocenters. The molecule has 0 fully saturated rings. The number of hydrogen-bond donors (Lipinski definition) is 1. The van der Waals surface area contributed by atoms with Crippen LogP contribution in [0.25, 0.3) is 5.70 Å². The molecule has 0 aliphatic heterocycles. The van der Waals surface area contributed by atoms with Crippen LogP contribution in [-0.2, 0) is 6.61 Å². The van der Waals surface area contributed by atoms with Crippen LogP contribution in [0.2, 0.25) is 15.2 Å². The van der Waals surface area contributed by atoms with Crippen molar-refractivity contribution in [3.8, 4) is 5.75 Å². The van der Waals surface area contributed by atoms with Crippen molar-refractivity contribution in [1.82, 2.24) is 4.57 Å². The second-order valence-electron chi connectivity index (χ2n) is 7.54. The van der Waals surface area contributed by atoms with Crippen LogP contribution in [0.15, 0.2) is 64.2 Å². The molecule has 0 bridgehead atoms. The highest BCUT2D eigenvalue weighted by Gasteiger charge is 2.34. The number of allylic oxidation sites excluding steroid dienone is 4. The van der Waals surface area contributed by atoms with Gasteiger partial charge < -0.3 is 9.84 Å². The number of ether oxygens (including phenoxy) is 1. The van der Waals surface area contributed by atoms with E-state index in [9.17, 15) is 14.7 Å². The molecule has 4 rings (SSSR count). The van der Waals surface area contributed by atoms with Crippen LogP contribution in [0.5, 0.6) is 5.75 Å². The summed E-state index contributed by atoms with van der Waals surface area (Å²) in [6, 6.07) is 12.6. The van der Waals surface area contributed by atoms with Crippen molar-refractivity contribution < 1.29 is 19.4 Å². The summed E-state index contributed by atoms with van der Waals surface area (Å²) < 4.78 is 6.65. The molecule has 0 amide bonds. The van der Waals surface area contributed by atoms with Crippen molar-refractivity contribution in [3.05, 3.63) is 102 Å². The summed E-state index contributed by atoms with van der Waals surface area (Å²) in [5, 5.41) is 10.4. The van der Waals surface area contributed by atoms with E-state index in [0.29, 0.717) is 21.9 Å². The maximum Gasteiger partial charge on any atom is 0.210 e. The van der Waals surface area contributed by atoms with Crippen LogP contribution < -0.4 is 4.74 Å². The lowest BCUT2D eigenvalue weighted by Gasteiger charge is -2.16. The number of ketones is 2. The highest BCUT2D eigenvalue weighted by Crippen LogP contribution is 2.45. The van der Waals surface area contributed by atoms with E-state index in [-0.39, 0.29) is 49.2 Å². The van der Waals surface area contributed by atoms with E-state index < -0.39 is 18.2 Å². The minimum atomic E-state index is -0.511. The monoisotopic (exact) mass is 569 g/mol. The van der Waals surface area contributed by atoms with Gasteiger partial charge >= 0.3 is 0 Å². The minimum absolute atomic E-state index is 0.0230. The fourth-order valence-electron chi connectivity index (χ4n) is 3.89. The number of rotatable bonds is 7. The molecule has 0 spiro atoms. The molecule has 35 heavy (non-hydrogen) atoms. The predicted molar refractivity (Wildman–Crippen MR) is 139 cm³/mol. The molecular weight excluding hydrogens is 556 g/mol. The molecule has 10 heteroatoms. The van der Waals surface area contributed by atoms with Crippen LogP contribution in [0.1, 0.15) is 38.4 Å². The Hall–Kier alpha value is -2.25. The highest BCUT2D eigenvalue weighted by molar-refractivity contribution is 6.47. The molecule has 2 aromatic carbocycles. The van der Waals surface area contributed by atoms with E-state index in [2.05, 4.69) is 0 Å². The molecular formula is C25H16Cl5NO4. The number of nitrogens with zero attached hydrogens (tertiary/aromatic N) is 1. The quantitative estimate of drug-likeness (QED) is 0.301. The number of benzene rings is 2. The van der Waals surface area contributed by atoms with E-state index >= 15 is 0 Å². The van der Waals surface area contributed by atoms with Crippen molar-refractivity contribution >= 4 is 75.3 Å². The highest BCUT2D eigenvalue weighted by atomic mass is 35.5. The van der Waals surface area contributed by atoms with Crippen LogP contribution in [0.3, 0.4) is 0 Å². The average molecular weight is 572 g/mol. The van der Waals surface area contributed by atoms with E-state index in [0.717, 1.165) is 0 Å². The number of carbonyl (C=O) groups is 2. The lowest BCUT2D eigenvalue weighted by molar-refractivity contribution is 0.101. The van der Waals surface area contributed by atoms with Crippen LogP contribution in [0.4, 0.5) is 0 Å². The summed E-state index contributed by atoms with van der Waals surface area (Å²) in [6.07, 6.45) is 0.0230. The Kier molecular flexibility index (Phi) is 7.67. The topological polar surface area (TPSA) is 68.5 Å². The number of para-hydroxylation sites is 1. The third kappa shape index (κ3) is 4.65. The molecule has 0 saturated carbocycles. The molecule has 0 radical (unpaired) electrons. The lowest BCUT2D eigenvalue weighted by Crippen LogP contribution is -2.15. The van der Waals surface area contributed by atoms with Gasteiger partial charge in [0, 0.05) is 27.6 Å². The Bertz CT molecular complexity index is 1440. The van der Waals surface area contributed by atoms with E-state index in [1.54, 1.807) is 24.3 Å². The maximum absolute atomic E-state index is 13.6. The zero-order valence-electron chi connectivity index (χ0n) is 18.0. The molecule has 1 aliphatic rings. The van der Waals surface area contributed by atoms with Gasteiger partial charge in [0.25, 0.3) is 0 Å². The van der Waals surface area contributed by atoms with Gasteiger partial charge in [0.1, 0.15) is 10.9 Å². The molecule has 1 N–H and O–H groups in total. The molecule has 5 nitrogen and oxygen atoms in total. The first-order valence-electron chi connectivity index (χ1n) is 10.2. The SMILES string of the molecule is COc1ccccc1C(=O)C1=C(n2c(C(=O)c3ccc(Cl)cc3CO)cc(Cl)c2Cl)C(Cl)=C(Cl)C1. The van der Waals surface area contributed by atoms with Crippen LogP contribution in [-0.4, -0.2) is 28.3 Å². The van der Waals surface area contributed by atoms with E-state index in [1.807, 2.05) is 0 Å². The molecule has 3 aromatic rings. The summed E-state index contributed by atoms with van der Waals surface area (Å²) in [7, 11) is 1.46. The number of aliphatic hydroxyl groups is 1. The molecule has 1 aliphatic carbocycles. The van der Waals surface area contributed by atoms with Crippen molar-refractivity contribution in [3.63, 3.8) is 0 Å². The molecule has 0 saturated heterocycles. The number of aromatic nitrogens is 1. The van der Waals surface area contributed by atoms with Crippen LogP contribution >= 0.6 is 58.0 Å². The fraction of sp³-hybridized carbons (Fsp3) is 0.120. The molecule has 1 aromatic heterocycles. The van der Waals surface area contributed by atoms with Crippen molar-refractivity contribution in [2.75, 3.05) is 7.11 Å². The van der Waals surface area contributed by atoms with Gasteiger partial charge in [-0.3, -0.25) is 14.2 Å². The normalized spacial score (nSPS) is 13.6. The number of methoxy groups -OCH3 is 1. The van der Waals surface area contributed by atoms with Gasteiger partial charge in [0.15, 0.2) is 5.78 Å². The number of aliphatic hydroxyl groups excluding tert-OH is 1. The van der Waals surface area contributed by atoms with Crippen molar-refractivity contribution in [2.45, 2.75) is 13.0 Å². The fourth-order valence-corrected chi connectivity index (χ4v) is 4.99. The smallest absolute Gasteiger partial charge is 0.210 e. The lowest BCUT2D eigenvalue weighted by atomic mass is 10.00. The summed E-state index contributed by atoms with van der Waals surface area (Å²) in [6.45, 7) is -0.420. The molecule has 180 valence electrons. The Balaban J connectivity index is 1.94. The van der Waals surface area contributed by atoms with Gasteiger partial charge in [0.2, 0.25) is 5.78 Å². The maximum atomic E-state index is 13.6. The largest absolute Gasteiger partial charge is 0.496 e. The van der Waals surface area contributed by atoms with Gasteiger partial charge in [-0.1, -0.05) is 70.1 Å². The number of halogens is 5. The molecule has 1 heterocycles. The van der Waals surface area contributed by atoms with Gasteiger partial charge in [0.05, 0.1) is 40.7 Å². The minimum Gasteiger partial charge on any atom is -0.496 e. The average Bonchev–Trinajstić information content (AvgIpc) is 3.32. The van der Waals surface area contributed by atoms with Gasteiger partial charge in [-0.15, -0.1) is 0 Å². The van der Waals surface area contributed by atoms with Gasteiger partial charge in [-0.2, -0.15) is 0 Å². The third-order valence-electron chi connectivity index (χ3n) is 5.53. The predicted octanol–water partition coefficient (Wildman–Crippen LogP) is 7.37. The van der Waals surface area contributed by atoms with E-state index in [4.69, 9.17) is 62.7 Å². The standard InChI is InChI=1S/C25H16Cl5NO4/c1-35-20-5-3-2-4-15(20)23(33)16-9-17(27)21(29)22(16)31-19(10-18(28)25(31)30)24(34)14-7-6-13(26)8-12(14)11-32/h2-8,10,32H,9,11H2,1H3. The first-order chi connectivity index (χ1) is 16.7. The summed E-state index contributed by atoms with van der Waals surface area (Å²) in [4.78, 5) is 27.2. The number of Topliss-reactive ketones (excluding diaryl/α,β-unsaturated/α-hetero) is 1. The molecule has 0 unspecified atom stereocenters. The van der Waals surface area contributed by atoms with Gasteiger partial charge in [-0.25, -0.2) is 0 Å². The number of hydrogen-bond acceptors (Lipinski definition) is 4. The zero-order valence-corrected chi connectivity index (χ0v) is 21.8. The Morgan fingerprint density at radius 3 is 2.37 bits per heavy atom. The van der Waals surface area contributed by atoms with E-state index in [1.165, 1.54) is 35.9 Å². The summed E-state index contributed by atoms with van der Waals surface area (Å²) in [5.41, 5.74) is 1.18. The zero-order chi connectivity index (χ0) is 25.4. The summed E-state index contributed by atoms with van der Waals surface area (Å²) in [5.74, 6) is -0.540. The first-order valence-corrected chi connectivity index (χ1v) is 12.0. The number of carbonyl (C=O) groups excluding carboxylic acids is 2. The first kappa shape index (κ1) is 25.8. The second-order valence-corrected chi connectivity index (χ2v) is 9.58. The Morgan fingerprint density at radius 1 is 0.971 bits per heavy atom. The van der Waals surface area contributed by atoms with Crippen molar-refractivity contribution in [1.29, 1.82) is 0 Å². The second kappa shape index (κ2) is 10.4.